The molecule has 17 heavy (non-hydrogen) atoms. The van der Waals surface area contributed by atoms with Crippen LogP contribution in [0.25, 0.3) is 0 Å². The summed E-state index contributed by atoms with van der Waals surface area (Å²) in [6.45, 7) is 2.56. The Morgan fingerprint density at radius 1 is 0.824 bits per heavy atom. The smallest absolute Gasteiger partial charge is 0.149 e. The second kappa shape index (κ2) is 5.92. The maximum Gasteiger partial charge on any atom is 0.149 e. The predicted octanol–water partition coefficient (Wildman–Crippen LogP) is 3.40. The average Bonchev–Trinajstić information content (AvgIpc) is 2.39. The van der Waals surface area contributed by atoms with Crippen LogP contribution in [-0.4, -0.2) is 6.54 Å². The second-order valence-electron chi connectivity index (χ2n) is 3.42. The van der Waals surface area contributed by atoms with Crippen molar-refractivity contribution in [1.29, 1.82) is 0 Å². The van der Waals surface area contributed by atoms with Gasteiger partial charge in [-0.3, -0.25) is 0 Å². The Kier molecular flexibility index (Phi) is 4.00. The Morgan fingerprint density at radius 3 is 2.06 bits per heavy atom. The van der Waals surface area contributed by atoms with Crippen LogP contribution in [0.15, 0.2) is 54.6 Å². The van der Waals surface area contributed by atoms with E-state index in [4.69, 9.17) is 9.57 Å². The predicted molar refractivity (Wildman–Crippen MR) is 66.3 cm³/mol. The SMILES string of the molecule is CC[N]Oc1ccc(Oc2ccccc2)cc1. The van der Waals surface area contributed by atoms with Crippen molar-refractivity contribution in [2.45, 2.75) is 6.92 Å². The Bertz CT molecular complexity index is 440. The molecule has 0 N–H and O–H groups in total. The zero-order chi connectivity index (χ0) is 11.9. The minimum absolute atomic E-state index is 0.641. The molecule has 0 saturated heterocycles. The third-order valence-corrected chi connectivity index (χ3v) is 2.10. The van der Waals surface area contributed by atoms with E-state index in [0.717, 1.165) is 11.5 Å². The zero-order valence-electron chi connectivity index (χ0n) is 9.67. The molecule has 0 atom stereocenters. The fourth-order valence-corrected chi connectivity index (χ4v) is 1.33. The average molecular weight is 228 g/mol. The molecular formula is C14H14NO2. The number of benzene rings is 2. The summed E-state index contributed by atoms with van der Waals surface area (Å²) < 4.78 is 5.65. The lowest BCUT2D eigenvalue weighted by atomic mass is 10.3. The molecule has 3 nitrogen and oxygen atoms in total. The maximum absolute atomic E-state index is 5.65. The molecule has 2 aromatic rings. The number of rotatable bonds is 5. The van der Waals surface area contributed by atoms with Crippen molar-refractivity contribution in [3.05, 3.63) is 54.6 Å². The van der Waals surface area contributed by atoms with Crippen LogP contribution in [0, 0.1) is 0 Å². The molecule has 0 aliphatic heterocycles. The maximum atomic E-state index is 5.65. The summed E-state index contributed by atoms with van der Waals surface area (Å²) in [4.78, 5) is 5.13. The molecule has 0 bridgehead atoms. The van der Waals surface area contributed by atoms with Gasteiger partial charge in [0.1, 0.15) is 17.2 Å². The largest absolute Gasteiger partial charge is 0.457 e. The number of hydrogen-bond acceptors (Lipinski definition) is 2. The van der Waals surface area contributed by atoms with Gasteiger partial charge in [0.15, 0.2) is 0 Å². The van der Waals surface area contributed by atoms with Crippen LogP contribution < -0.4 is 15.1 Å². The van der Waals surface area contributed by atoms with Crippen LogP contribution in [0.2, 0.25) is 0 Å². The van der Waals surface area contributed by atoms with E-state index in [2.05, 4.69) is 5.48 Å². The van der Waals surface area contributed by atoms with E-state index >= 15 is 0 Å². The summed E-state index contributed by atoms with van der Waals surface area (Å²) in [6.07, 6.45) is 0. The van der Waals surface area contributed by atoms with E-state index in [0.29, 0.717) is 12.3 Å². The first-order valence-electron chi connectivity index (χ1n) is 5.55. The van der Waals surface area contributed by atoms with Crippen molar-refractivity contribution in [1.82, 2.24) is 5.48 Å². The van der Waals surface area contributed by atoms with Crippen molar-refractivity contribution in [3.8, 4) is 17.2 Å². The van der Waals surface area contributed by atoms with Crippen molar-refractivity contribution < 1.29 is 9.57 Å². The summed E-state index contributed by atoms with van der Waals surface area (Å²) in [5, 5.41) is 0. The van der Waals surface area contributed by atoms with Gasteiger partial charge in [-0.15, -0.1) is 0 Å². The lowest BCUT2D eigenvalue weighted by Gasteiger charge is -2.06. The Morgan fingerprint density at radius 2 is 1.41 bits per heavy atom. The molecule has 0 saturated carbocycles. The molecule has 3 heteroatoms. The fourth-order valence-electron chi connectivity index (χ4n) is 1.33. The topological polar surface area (TPSA) is 32.6 Å². The minimum atomic E-state index is 0.641. The molecular weight excluding hydrogens is 214 g/mol. The van der Waals surface area contributed by atoms with Gasteiger partial charge in [0.2, 0.25) is 0 Å². The minimum Gasteiger partial charge on any atom is -0.457 e. The first-order chi connectivity index (χ1) is 8.38. The number of hydrogen-bond donors (Lipinski definition) is 0. The molecule has 87 valence electrons. The van der Waals surface area contributed by atoms with Gasteiger partial charge in [0.25, 0.3) is 0 Å². The van der Waals surface area contributed by atoms with Crippen LogP contribution in [0.1, 0.15) is 6.92 Å². The zero-order valence-corrected chi connectivity index (χ0v) is 9.67. The van der Waals surface area contributed by atoms with E-state index in [-0.39, 0.29) is 0 Å². The van der Waals surface area contributed by atoms with Gasteiger partial charge in [-0.1, -0.05) is 18.2 Å². The van der Waals surface area contributed by atoms with Gasteiger partial charge in [0, 0.05) is 0 Å². The molecule has 0 amide bonds. The number of ether oxygens (including phenoxy) is 1. The molecule has 0 aliphatic rings. The molecule has 1 radical (unpaired) electrons. The quantitative estimate of drug-likeness (QED) is 0.735. The Hall–Kier alpha value is -2.00. The van der Waals surface area contributed by atoms with E-state index < -0.39 is 0 Å². The summed E-state index contributed by atoms with van der Waals surface area (Å²) in [7, 11) is 0. The fraction of sp³-hybridized carbons (Fsp3) is 0.143. The van der Waals surface area contributed by atoms with E-state index in [9.17, 15) is 0 Å². The normalized spacial score (nSPS) is 9.94. The van der Waals surface area contributed by atoms with E-state index in [1.807, 2.05) is 61.5 Å². The summed E-state index contributed by atoms with van der Waals surface area (Å²) >= 11 is 0. The number of para-hydroxylation sites is 1. The highest BCUT2D eigenvalue weighted by atomic mass is 16.6. The standard InChI is InChI=1S/C14H14NO2/c1-2-15-17-14-10-8-13(9-11-14)16-12-6-4-3-5-7-12/h3-11H,2H2,1H3. The van der Waals surface area contributed by atoms with Crippen LogP contribution >= 0.6 is 0 Å². The molecule has 0 fully saturated rings. The lowest BCUT2D eigenvalue weighted by Crippen LogP contribution is -2.07. The molecule has 2 aromatic carbocycles. The first-order valence-corrected chi connectivity index (χ1v) is 5.55. The summed E-state index contributed by atoms with van der Waals surface area (Å²) in [6, 6.07) is 17.0. The van der Waals surface area contributed by atoms with Gasteiger partial charge in [-0.05, 0) is 48.8 Å². The first kappa shape index (κ1) is 11.5. The Balaban J connectivity index is 1.98. The third-order valence-electron chi connectivity index (χ3n) is 2.10. The van der Waals surface area contributed by atoms with Crippen LogP contribution in [-0.2, 0) is 0 Å². The highest BCUT2D eigenvalue weighted by Crippen LogP contribution is 2.23. The third kappa shape index (κ3) is 3.50. The van der Waals surface area contributed by atoms with Gasteiger partial charge < -0.3 is 9.57 Å². The van der Waals surface area contributed by atoms with Crippen molar-refractivity contribution in [2.75, 3.05) is 6.54 Å². The highest BCUT2D eigenvalue weighted by Gasteiger charge is 1.98. The number of hydroxylamine groups is 1. The lowest BCUT2D eigenvalue weighted by molar-refractivity contribution is 0.192. The van der Waals surface area contributed by atoms with Crippen LogP contribution in [0.4, 0.5) is 0 Å². The monoisotopic (exact) mass is 228 g/mol. The molecule has 2 rings (SSSR count). The second-order valence-corrected chi connectivity index (χ2v) is 3.42. The summed E-state index contributed by atoms with van der Waals surface area (Å²) in [5.74, 6) is 2.31. The summed E-state index contributed by atoms with van der Waals surface area (Å²) in [5.41, 5.74) is 3.81. The van der Waals surface area contributed by atoms with Gasteiger partial charge in [-0.2, -0.15) is 0 Å². The van der Waals surface area contributed by atoms with Crippen LogP contribution in [0.3, 0.4) is 0 Å². The van der Waals surface area contributed by atoms with Crippen molar-refractivity contribution in [3.63, 3.8) is 0 Å². The van der Waals surface area contributed by atoms with E-state index in [1.54, 1.807) is 0 Å². The number of nitrogens with zero attached hydrogens (tertiary/aromatic N) is 1. The van der Waals surface area contributed by atoms with Gasteiger partial charge in [0.05, 0.1) is 6.54 Å². The molecule has 0 aromatic heterocycles. The van der Waals surface area contributed by atoms with Crippen LogP contribution in [0.5, 0.6) is 17.2 Å². The molecule has 0 heterocycles. The van der Waals surface area contributed by atoms with Gasteiger partial charge in [-0.25, -0.2) is 0 Å². The molecule has 0 spiro atoms. The van der Waals surface area contributed by atoms with Crippen molar-refractivity contribution in [2.24, 2.45) is 0 Å². The molecule has 0 aliphatic carbocycles. The highest BCUT2D eigenvalue weighted by molar-refractivity contribution is 5.35. The Labute approximate surface area is 101 Å². The van der Waals surface area contributed by atoms with Gasteiger partial charge >= 0.3 is 0 Å². The van der Waals surface area contributed by atoms with E-state index in [1.165, 1.54) is 0 Å². The van der Waals surface area contributed by atoms with Crippen molar-refractivity contribution >= 4 is 0 Å². The molecule has 0 unspecified atom stereocenters.